The zero-order valence-electron chi connectivity index (χ0n) is 6.91. The zero-order chi connectivity index (χ0) is 10.1. The van der Waals surface area contributed by atoms with Crippen molar-refractivity contribution < 1.29 is 4.92 Å². The van der Waals surface area contributed by atoms with Gasteiger partial charge in [-0.3, -0.25) is 0 Å². The summed E-state index contributed by atoms with van der Waals surface area (Å²) in [6.07, 6.45) is 1.14. The average Bonchev–Trinajstić information content (AvgIpc) is 2.59. The maximum atomic E-state index is 10.5. The molecule has 2 rings (SSSR count). The van der Waals surface area contributed by atoms with Gasteiger partial charge in [-0.15, -0.1) is 0 Å². The van der Waals surface area contributed by atoms with Gasteiger partial charge in [-0.25, -0.2) is 10.8 Å². The van der Waals surface area contributed by atoms with E-state index in [1.807, 2.05) is 0 Å². The van der Waals surface area contributed by atoms with Crippen LogP contribution >= 0.6 is 0 Å². The summed E-state index contributed by atoms with van der Waals surface area (Å²) in [5.41, 5.74) is 2.69. The Morgan fingerprint density at radius 2 is 2.36 bits per heavy atom. The number of hydrazine groups is 1. The molecule has 0 unspecified atom stereocenters. The minimum atomic E-state index is -0.562. The molecule has 72 valence electrons. The van der Waals surface area contributed by atoms with Crippen molar-refractivity contribution >= 4 is 17.3 Å². The van der Waals surface area contributed by atoms with Crippen molar-refractivity contribution in [2.24, 2.45) is 5.84 Å². The van der Waals surface area contributed by atoms with E-state index in [4.69, 9.17) is 5.84 Å². The number of nitrogens with two attached hydrogens (primary N) is 1. The summed E-state index contributed by atoms with van der Waals surface area (Å²) in [6.45, 7) is 0. The van der Waals surface area contributed by atoms with E-state index in [1.54, 1.807) is 12.1 Å². The number of imidazole rings is 1. The second-order valence-electron chi connectivity index (χ2n) is 2.51. The third kappa shape index (κ3) is 1.13. The van der Waals surface area contributed by atoms with Gasteiger partial charge in [0.25, 0.3) is 0 Å². The Bertz CT molecular complexity index is 492. The summed E-state index contributed by atoms with van der Waals surface area (Å²) in [7, 11) is 0. The molecule has 0 saturated heterocycles. The van der Waals surface area contributed by atoms with Crippen molar-refractivity contribution in [1.82, 2.24) is 14.6 Å². The van der Waals surface area contributed by atoms with Gasteiger partial charge in [0, 0.05) is 6.07 Å². The van der Waals surface area contributed by atoms with E-state index < -0.39 is 4.92 Å². The number of nitrogens with one attached hydrogen (secondary N) is 1. The van der Waals surface area contributed by atoms with Gasteiger partial charge in [-0.1, -0.05) is 9.61 Å². The topological polar surface area (TPSA) is 111 Å². The summed E-state index contributed by atoms with van der Waals surface area (Å²) >= 11 is 0. The first kappa shape index (κ1) is 8.38. The molecule has 0 amide bonds. The van der Waals surface area contributed by atoms with E-state index >= 15 is 0 Å². The van der Waals surface area contributed by atoms with E-state index in [0.717, 1.165) is 10.7 Å². The summed E-state index contributed by atoms with van der Waals surface area (Å²) in [4.78, 5) is 13.8. The maximum absolute atomic E-state index is 10.5. The zero-order valence-corrected chi connectivity index (χ0v) is 6.91. The highest BCUT2D eigenvalue weighted by atomic mass is 16.6. The van der Waals surface area contributed by atoms with Crippen molar-refractivity contribution in [3.63, 3.8) is 0 Å². The minimum Gasteiger partial charge on any atom is -0.358 e. The number of nitrogen functional groups attached to an aromatic ring is 1. The fourth-order valence-corrected chi connectivity index (χ4v) is 1.06. The average molecular weight is 194 g/mol. The lowest BCUT2D eigenvalue weighted by Gasteiger charge is -1.95. The fraction of sp³-hybridized carbons (Fsp3) is 0. The number of hydrogen-bond donors (Lipinski definition) is 2. The molecule has 0 spiro atoms. The number of fused-ring (bicyclic) bond motifs is 1. The van der Waals surface area contributed by atoms with E-state index in [1.165, 1.54) is 0 Å². The van der Waals surface area contributed by atoms with Gasteiger partial charge in [0.05, 0.1) is 0 Å². The highest BCUT2D eigenvalue weighted by Crippen LogP contribution is 2.13. The Kier molecular flexibility index (Phi) is 1.75. The summed E-state index contributed by atoms with van der Waals surface area (Å²) in [6, 6.07) is 3.15. The molecule has 8 heteroatoms. The first-order chi connectivity index (χ1) is 6.72. The standard InChI is InChI=1S/C6H6N6O2/c7-9-4-1-2-5-8-3-6(12(13)14)11(5)10-4/h1-3H,7H2,(H,9,10). The molecule has 14 heavy (non-hydrogen) atoms. The van der Waals surface area contributed by atoms with Crippen molar-refractivity contribution in [1.29, 1.82) is 0 Å². The normalized spacial score (nSPS) is 10.4. The lowest BCUT2D eigenvalue weighted by Crippen LogP contribution is -2.10. The number of hydrogen-bond acceptors (Lipinski definition) is 6. The highest BCUT2D eigenvalue weighted by Gasteiger charge is 2.15. The van der Waals surface area contributed by atoms with Crippen molar-refractivity contribution in [3.05, 3.63) is 28.4 Å². The van der Waals surface area contributed by atoms with E-state index in [-0.39, 0.29) is 5.82 Å². The molecule has 0 radical (unpaired) electrons. The molecule has 0 aliphatic heterocycles. The molecule has 0 fully saturated rings. The third-order valence-electron chi connectivity index (χ3n) is 1.68. The highest BCUT2D eigenvalue weighted by molar-refractivity contribution is 5.47. The minimum absolute atomic E-state index is 0.197. The number of anilines is 1. The van der Waals surface area contributed by atoms with Crippen LogP contribution in [0.3, 0.4) is 0 Å². The van der Waals surface area contributed by atoms with Gasteiger partial charge in [-0.2, -0.15) is 0 Å². The van der Waals surface area contributed by atoms with Crippen LogP contribution in [0.5, 0.6) is 0 Å². The van der Waals surface area contributed by atoms with Crippen LogP contribution in [0.1, 0.15) is 0 Å². The van der Waals surface area contributed by atoms with E-state index in [2.05, 4.69) is 15.5 Å². The van der Waals surface area contributed by atoms with Crippen LogP contribution < -0.4 is 11.3 Å². The number of nitro groups is 1. The summed E-state index contributed by atoms with van der Waals surface area (Å²) < 4.78 is 1.11. The van der Waals surface area contributed by atoms with Gasteiger partial charge < -0.3 is 15.5 Å². The molecular formula is C6H6N6O2. The second kappa shape index (κ2) is 2.92. The molecule has 2 aromatic heterocycles. The van der Waals surface area contributed by atoms with Crippen molar-refractivity contribution in [2.45, 2.75) is 0 Å². The Morgan fingerprint density at radius 3 is 3.00 bits per heavy atom. The van der Waals surface area contributed by atoms with Gasteiger partial charge in [0.15, 0.2) is 5.82 Å². The summed E-state index contributed by atoms with van der Waals surface area (Å²) in [5.74, 6) is 5.25. The Hall–Kier alpha value is -2.22. The lowest BCUT2D eigenvalue weighted by atomic mass is 10.5. The van der Waals surface area contributed by atoms with Gasteiger partial charge in [-0.05, 0) is 11.0 Å². The number of aromatic nitrogens is 3. The van der Waals surface area contributed by atoms with Crippen LogP contribution in [-0.4, -0.2) is 19.5 Å². The monoisotopic (exact) mass is 194 g/mol. The smallest absolute Gasteiger partial charge is 0.358 e. The van der Waals surface area contributed by atoms with Crippen LogP contribution in [0.2, 0.25) is 0 Å². The molecule has 2 heterocycles. The maximum Gasteiger partial charge on any atom is 0.368 e. The number of nitrogens with zero attached hydrogens (tertiary/aromatic N) is 4. The molecule has 0 aliphatic carbocycles. The first-order valence-electron chi connectivity index (χ1n) is 3.68. The number of rotatable bonds is 2. The molecule has 0 atom stereocenters. The van der Waals surface area contributed by atoms with Crippen LogP contribution in [-0.2, 0) is 0 Å². The van der Waals surface area contributed by atoms with Crippen LogP contribution in [0.15, 0.2) is 18.3 Å². The SMILES string of the molecule is NNc1ccc2ncc([N+](=O)[O-])n2n1. The van der Waals surface area contributed by atoms with Crippen molar-refractivity contribution in [3.8, 4) is 0 Å². The summed E-state index contributed by atoms with van der Waals surface area (Å²) in [5, 5.41) is 14.4. The molecule has 0 aliphatic rings. The van der Waals surface area contributed by atoms with Gasteiger partial charge in [0.2, 0.25) is 5.65 Å². The Morgan fingerprint density at radius 1 is 1.57 bits per heavy atom. The Labute approximate surface area is 77.5 Å². The first-order valence-corrected chi connectivity index (χ1v) is 3.68. The molecule has 0 bridgehead atoms. The van der Waals surface area contributed by atoms with Crippen LogP contribution in [0.25, 0.3) is 5.65 Å². The fourth-order valence-electron chi connectivity index (χ4n) is 1.06. The van der Waals surface area contributed by atoms with Gasteiger partial charge >= 0.3 is 5.82 Å². The van der Waals surface area contributed by atoms with Crippen molar-refractivity contribution in [2.75, 3.05) is 5.43 Å². The lowest BCUT2D eigenvalue weighted by molar-refractivity contribution is -0.391. The third-order valence-corrected chi connectivity index (χ3v) is 1.68. The van der Waals surface area contributed by atoms with Gasteiger partial charge in [0.1, 0.15) is 6.20 Å². The van der Waals surface area contributed by atoms with E-state index in [9.17, 15) is 10.1 Å². The van der Waals surface area contributed by atoms with Crippen LogP contribution in [0, 0.1) is 10.1 Å². The molecule has 2 aromatic rings. The predicted octanol–water partition coefficient (Wildman–Crippen LogP) is -0.0769. The van der Waals surface area contributed by atoms with Crippen LogP contribution in [0.4, 0.5) is 11.6 Å². The second-order valence-corrected chi connectivity index (χ2v) is 2.51. The van der Waals surface area contributed by atoms with E-state index in [0.29, 0.717) is 11.5 Å². The molecule has 0 saturated carbocycles. The molecule has 0 aromatic carbocycles. The predicted molar refractivity (Wildman–Crippen MR) is 47.5 cm³/mol. The Balaban J connectivity index is 2.69. The largest absolute Gasteiger partial charge is 0.368 e. The molecule has 3 N–H and O–H groups in total. The molecule has 8 nitrogen and oxygen atoms in total. The molecular weight excluding hydrogens is 188 g/mol. The quantitative estimate of drug-likeness (QED) is 0.393.